The van der Waals surface area contributed by atoms with E-state index >= 15 is 0 Å². The topological polar surface area (TPSA) is 78.8 Å². The Labute approximate surface area is 110 Å². The third-order valence-electron chi connectivity index (χ3n) is 2.69. The van der Waals surface area contributed by atoms with Crippen molar-refractivity contribution in [3.05, 3.63) is 0 Å². The van der Waals surface area contributed by atoms with Crippen LogP contribution in [0.5, 0.6) is 0 Å². The summed E-state index contributed by atoms with van der Waals surface area (Å²) in [5.41, 5.74) is -0.542. The van der Waals surface area contributed by atoms with E-state index in [1.807, 2.05) is 0 Å². The van der Waals surface area contributed by atoms with Crippen LogP contribution in [0.3, 0.4) is 0 Å². The average molecular weight is 310 g/mol. The number of hydrogen-bond acceptors (Lipinski definition) is 4. The zero-order valence-electron chi connectivity index (χ0n) is 10.3. The molecule has 3 N–H and O–H groups in total. The number of hydrogen-bond donors (Lipinski definition) is 3. The van der Waals surface area contributed by atoms with Crippen molar-refractivity contribution in [1.82, 2.24) is 5.32 Å². The predicted octanol–water partition coefficient (Wildman–Crippen LogP) is 1.02. The standard InChI is InChI=1S/C11H20BrNO4/c1-11(2,3)17-10(16)13-7-4-6(5-14)9(15)8(7)12/h6-9,14-15H,4-5H2,1-3H3,(H,13,16)/t6-,7+,8+,9+/m0/s1. The van der Waals surface area contributed by atoms with Gasteiger partial charge in [0.05, 0.1) is 10.9 Å². The van der Waals surface area contributed by atoms with Gasteiger partial charge in [-0.05, 0) is 27.2 Å². The fourth-order valence-electron chi connectivity index (χ4n) is 1.87. The van der Waals surface area contributed by atoms with E-state index in [2.05, 4.69) is 21.2 Å². The summed E-state index contributed by atoms with van der Waals surface area (Å²) in [6, 6.07) is -0.225. The van der Waals surface area contributed by atoms with Gasteiger partial charge in [-0.15, -0.1) is 0 Å². The number of aliphatic hydroxyl groups excluding tert-OH is 2. The van der Waals surface area contributed by atoms with Crippen molar-refractivity contribution >= 4 is 22.0 Å². The Bertz CT molecular complexity index is 279. The van der Waals surface area contributed by atoms with Crippen LogP contribution in [0.1, 0.15) is 27.2 Å². The highest BCUT2D eigenvalue weighted by molar-refractivity contribution is 9.09. The molecule has 1 amide bonds. The van der Waals surface area contributed by atoms with Gasteiger partial charge in [-0.3, -0.25) is 0 Å². The molecule has 1 fully saturated rings. The zero-order chi connectivity index (χ0) is 13.2. The van der Waals surface area contributed by atoms with Crippen molar-refractivity contribution in [3.8, 4) is 0 Å². The van der Waals surface area contributed by atoms with E-state index in [0.29, 0.717) is 6.42 Å². The normalized spacial score (nSPS) is 33.5. The molecular weight excluding hydrogens is 290 g/mol. The summed E-state index contributed by atoms with van der Waals surface area (Å²) in [4.78, 5) is 11.3. The first-order chi connectivity index (χ1) is 7.74. The molecule has 0 aromatic heterocycles. The van der Waals surface area contributed by atoms with Crippen molar-refractivity contribution < 1.29 is 19.7 Å². The molecular formula is C11H20BrNO4. The van der Waals surface area contributed by atoms with Crippen LogP contribution in [0.15, 0.2) is 0 Å². The van der Waals surface area contributed by atoms with Crippen LogP contribution in [0.4, 0.5) is 4.79 Å². The largest absolute Gasteiger partial charge is 0.444 e. The quantitative estimate of drug-likeness (QED) is 0.665. The van der Waals surface area contributed by atoms with Crippen molar-refractivity contribution in [1.29, 1.82) is 0 Å². The zero-order valence-corrected chi connectivity index (χ0v) is 11.9. The lowest BCUT2D eigenvalue weighted by molar-refractivity contribution is 0.0504. The summed E-state index contributed by atoms with van der Waals surface area (Å²) in [5, 5.41) is 21.5. The van der Waals surface area contributed by atoms with Crippen LogP contribution in [0, 0.1) is 5.92 Å². The third-order valence-corrected chi connectivity index (χ3v) is 3.87. The fourth-order valence-corrected chi connectivity index (χ4v) is 2.65. The highest BCUT2D eigenvalue weighted by Crippen LogP contribution is 2.31. The molecule has 1 rings (SSSR count). The first kappa shape index (κ1) is 14.7. The summed E-state index contributed by atoms with van der Waals surface area (Å²) >= 11 is 3.33. The maximum Gasteiger partial charge on any atom is 0.407 e. The number of alkyl carbamates (subject to hydrolysis) is 1. The lowest BCUT2D eigenvalue weighted by Crippen LogP contribution is -2.42. The lowest BCUT2D eigenvalue weighted by atomic mass is 10.1. The highest BCUT2D eigenvalue weighted by Gasteiger charge is 2.41. The minimum absolute atomic E-state index is 0.0875. The number of alkyl halides is 1. The molecule has 100 valence electrons. The second-order valence-corrected chi connectivity index (χ2v) is 6.42. The van der Waals surface area contributed by atoms with E-state index in [1.165, 1.54) is 0 Å². The van der Waals surface area contributed by atoms with Crippen LogP contribution in [-0.2, 0) is 4.74 Å². The van der Waals surface area contributed by atoms with Crippen LogP contribution in [-0.4, -0.2) is 45.5 Å². The molecule has 0 aliphatic heterocycles. The molecule has 5 nitrogen and oxygen atoms in total. The van der Waals surface area contributed by atoms with Gasteiger partial charge in [0.1, 0.15) is 5.60 Å². The molecule has 1 aliphatic rings. The number of carbonyl (C=O) groups is 1. The summed E-state index contributed by atoms with van der Waals surface area (Å²) in [7, 11) is 0. The summed E-state index contributed by atoms with van der Waals surface area (Å²) in [6.07, 6.45) is -0.620. The molecule has 0 unspecified atom stereocenters. The Morgan fingerprint density at radius 2 is 2.12 bits per heavy atom. The van der Waals surface area contributed by atoms with Gasteiger partial charge in [0.2, 0.25) is 0 Å². The number of aliphatic hydroxyl groups is 2. The molecule has 17 heavy (non-hydrogen) atoms. The summed E-state index contributed by atoms with van der Waals surface area (Å²) < 4.78 is 5.14. The number of rotatable bonds is 2. The molecule has 1 aliphatic carbocycles. The molecule has 0 spiro atoms. The third kappa shape index (κ3) is 4.12. The summed E-state index contributed by atoms with van der Waals surface area (Å²) in [5.74, 6) is -0.209. The second kappa shape index (κ2) is 5.54. The van der Waals surface area contributed by atoms with Gasteiger partial charge in [0.25, 0.3) is 0 Å². The predicted molar refractivity (Wildman–Crippen MR) is 67.1 cm³/mol. The van der Waals surface area contributed by atoms with E-state index in [1.54, 1.807) is 20.8 Å². The van der Waals surface area contributed by atoms with Crippen LogP contribution < -0.4 is 5.32 Å². The van der Waals surface area contributed by atoms with Gasteiger partial charge in [-0.25, -0.2) is 4.79 Å². The molecule has 0 bridgehead atoms. The highest BCUT2D eigenvalue weighted by atomic mass is 79.9. The van der Waals surface area contributed by atoms with E-state index in [0.717, 1.165) is 0 Å². The molecule has 0 aromatic rings. The molecule has 0 heterocycles. The van der Waals surface area contributed by atoms with Gasteiger partial charge in [0.15, 0.2) is 0 Å². The fraction of sp³-hybridized carbons (Fsp3) is 0.909. The number of carbonyl (C=O) groups excluding carboxylic acids is 1. The Morgan fingerprint density at radius 1 is 1.53 bits per heavy atom. The van der Waals surface area contributed by atoms with Gasteiger partial charge in [0, 0.05) is 18.6 Å². The van der Waals surface area contributed by atoms with E-state index in [4.69, 9.17) is 9.84 Å². The lowest BCUT2D eigenvalue weighted by Gasteiger charge is -2.23. The van der Waals surface area contributed by atoms with Gasteiger partial charge in [-0.1, -0.05) is 15.9 Å². The molecule has 0 saturated heterocycles. The smallest absolute Gasteiger partial charge is 0.407 e. The minimum atomic E-state index is -0.653. The van der Waals surface area contributed by atoms with Crippen molar-refractivity contribution in [3.63, 3.8) is 0 Å². The van der Waals surface area contributed by atoms with Gasteiger partial charge >= 0.3 is 6.09 Å². The number of amides is 1. The Kier molecular flexibility index (Phi) is 4.80. The molecule has 1 saturated carbocycles. The molecule has 0 radical (unpaired) electrons. The van der Waals surface area contributed by atoms with Crippen molar-refractivity contribution in [2.45, 2.75) is 49.8 Å². The number of nitrogens with one attached hydrogen (secondary N) is 1. The monoisotopic (exact) mass is 309 g/mol. The Morgan fingerprint density at radius 3 is 2.53 bits per heavy atom. The van der Waals surface area contributed by atoms with Crippen LogP contribution >= 0.6 is 15.9 Å². The van der Waals surface area contributed by atoms with Crippen LogP contribution in [0.2, 0.25) is 0 Å². The Hall–Kier alpha value is -0.330. The first-order valence-electron chi connectivity index (χ1n) is 5.67. The van der Waals surface area contributed by atoms with Crippen molar-refractivity contribution in [2.24, 2.45) is 5.92 Å². The van der Waals surface area contributed by atoms with Gasteiger partial charge in [-0.2, -0.15) is 0 Å². The molecule has 6 heteroatoms. The van der Waals surface area contributed by atoms with E-state index < -0.39 is 17.8 Å². The van der Waals surface area contributed by atoms with E-state index in [9.17, 15) is 9.90 Å². The van der Waals surface area contributed by atoms with Gasteiger partial charge < -0.3 is 20.3 Å². The minimum Gasteiger partial charge on any atom is -0.444 e. The number of ether oxygens (including phenoxy) is 1. The average Bonchev–Trinajstić information content (AvgIpc) is 2.43. The maximum absolute atomic E-state index is 11.6. The SMILES string of the molecule is CC(C)(C)OC(=O)N[C@@H]1C[C@@H](CO)[C@@H](O)[C@@H]1Br. The second-order valence-electron chi connectivity index (χ2n) is 5.37. The molecule has 0 aromatic carbocycles. The van der Waals surface area contributed by atoms with Crippen LogP contribution in [0.25, 0.3) is 0 Å². The maximum atomic E-state index is 11.6. The Balaban J connectivity index is 2.50. The molecule has 4 atom stereocenters. The summed E-state index contributed by atoms with van der Waals surface area (Å²) in [6.45, 7) is 5.28. The van der Waals surface area contributed by atoms with Crippen molar-refractivity contribution in [2.75, 3.05) is 6.61 Å². The van der Waals surface area contributed by atoms with E-state index in [-0.39, 0.29) is 23.4 Å². The first-order valence-corrected chi connectivity index (χ1v) is 6.58. The number of halogens is 1.